The van der Waals surface area contributed by atoms with Gasteiger partial charge in [-0.1, -0.05) is 19.1 Å². The Morgan fingerprint density at radius 1 is 1.52 bits per heavy atom. The van der Waals surface area contributed by atoms with E-state index >= 15 is 0 Å². The summed E-state index contributed by atoms with van der Waals surface area (Å²) in [6.07, 6.45) is 1.65. The molecule has 5 heteroatoms. The van der Waals surface area contributed by atoms with Crippen LogP contribution < -0.4 is 15.4 Å². The highest BCUT2D eigenvalue weighted by atomic mass is 19.1. The molecule has 0 spiro atoms. The molecule has 0 radical (unpaired) electrons. The Morgan fingerprint density at radius 2 is 2.29 bits per heavy atom. The number of piperidine rings is 1. The van der Waals surface area contributed by atoms with Crippen molar-refractivity contribution >= 4 is 5.91 Å². The monoisotopic (exact) mass is 294 g/mol. The van der Waals surface area contributed by atoms with Gasteiger partial charge in [0.2, 0.25) is 0 Å². The number of hydrogen-bond acceptors (Lipinski definition) is 3. The van der Waals surface area contributed by atoms with Crippen molar-refractivity contribution in [1.82, 2.24) is 10.6 Å². The number of hydrogen-bond donors (Lipinski definition) is 2. The van der Waals surface area contributed by atoms with Crippen molar-refractivity contribution < 1.29 is 13.9 Å². The lowest BCUT2D eigenvalue weighted by Gasteiger charge is -2.30. The second-order valence-corrected chi connectivity index (χ2v) is 5.53. The Bertz CT molecular complexity index is 481. The summed E-state index contributed by atoms with van der Waals surface area (Å²) in [6.45, 7) is 4.86. The molecule has 0 aliphatic carbocycles. The highest BCUT2D eigenvalue weighted by Crippen LogP contribution is 2.18. The smallest absolute Gasteiger partial charge is 0.261 e. The lowest BCUT2D eigenvalue weighted by Crippen LogP contribution is -2.50. The lowest BCUT2D eigenvalue weighted by atomic mass is 10.0. The van der Waals surface area contributed by atoms with Crippen LogP contribution in [-0.2, 0) is 4.79 Å². The largest absolute Gasteiger partial charge is 0.478 e. The van der Waals surface area contributed by atoms with Crippen molar-refractivity contribution in [3.8, 4) is 5.75 Å². The van der Waals surface area contributed by atoms with Crippen LogP contribution in [0.15, 0.2) is 24.3 Å². The molecule has 2 N–H and O–H groups in total. The van der Waals surface area contributed by atoms with Crippen LogP contribution in [0.25, 0.3) is 0 Å². The van der Waals surface area contributed by atoms with Gasteiger partial charge in [-0.15, -0.1) is 0 Å². The average Bonchev–Trinajstić information content (AvgIpc) is 2.46. The van der Waals surface area contributed by atoms with Gasteiger partial charge in [0.25, 0.3) is 5.91 Å². The van der Waals surface area contributed by atoms with E-state index in [-0.39, 0.29) is 17.7 Å². The molecule has 0 aromatic heterocycles. The van der Waals surface area contributed by atoms with E-state index in [0.717, 1.165) is 19.4 Å². The standard InChI is InChI=1S/C16H23FN2O2/c1-3-14(21-15-7-5-4-6-13(15)17)16(20)19-12-8-9-18-11(2)10-12/h4-7,11-12,14,18H,3,8-10H2,1-2H3,(H,19,20). The van der Waals surface area contributed by atoms with Crippen molar-refractivity contribution in [2.45, 2.75) is 51.3 Å². The van der Waals surface area contributed by atoms with Crippen LogP contribution in [-0.4, -0.2) is 30.6 Å². The minimum absolute atomic E-state index is 0.123. The predicted octanol–water partition coefficient (Wildman–Crippen LogP) is 2.24. The van der Waals surface area contributed by atoms with E-state index in [2.05, 4.69) is 17.6 Å². The van der Waals surface area contributed by atoms with Crippen LogP contribution in [0.4, 0.5) is 4.39 Å². The fourth-order valence-electron chi connectivity index (χ4n) is 2.57. The average molecular weight is 294 g/mol. The van der Waals surface area contributed by atoms with Crippen molar-refractivity contribution in [2.24, 2.45) is 0 Å². The number of amides is 1. The topological polar surface area (TPSA) is 50.4 Å². The fourth-order valence-corrected chi connectivity index (χ4v) is 2.57. The zero-order valence-corrected chi connectivity index (χ0v) is 12.6. The van der Waals surface area contributed by atoms with Crippen LogP contribution in [0.1, 0.15) is 33.1 Å². The first kappa shape index (κ1) is 15.8. The van der Waals surface area contributed by atoms with Crippen molar-refractivity contribution in [3.05, 3.63) is 30.1 Å². The van der Waals surface area contributed by atoms with E-state index in [1.54, 1.807) is 12.1 Å². The first-order valence-corrected chi connectivity index (χ1v) is 7.55. The number of nitrogens with one attached hydrogen (secondary N) is 2. The van der Waals surface area contributed by atoms with Gasteiger partial charge in [-0.3, -0.25) is 4.79 Å². The van der Waals surface area contributed by atoms with Crippen molar-refractivity contribution in [2.75, 3.05) is 6.54 Å². The molecule has 21 heavy (non-hydrogen) atoms. The highest BCUT2D eigenvalue weighted by Gasteiger charge is 2.25. The molecule has 116 valence electrons. The van der Waals surface area contributed by atoms with Crippen molar-refractivity contribution in [3.63, 3.8) is 0 Å². The summed E-state index contributed by atoms with van der Waals surface area (Å²) in [7, 11) is 0. The minimum atomic E-state index is -0.660. The third-order valence-corrected chi connectivity index (χ3v) is 3.74. The Hall–Kier alpha value is -1.62. The maximum atomic E-state index is 13.6. The van der Waals surface area contributed by atoms with Gasteiger partial charge in [0.1, 0.15) is 0 Å². The van der Waals surface area contributed by atoms with Gasteiger partial charge >= 0.3 is 0 Å². The second kappa shape index (κ2) is 7.41. The molecule has 1 saturated heterocycles. The Kier molecular flexibility index (Phi) is 5.56. The Morgan fingerprint density at radius 3 is 2.95 bits per heavy atom. The van der Waals surface area contributed by atoms with E-state index in [9.17, 15) is 9.18 Å². The Balaban J connectivity index is 1.94. The second-order valence-electron chi connectivity index (χ2n) is 5.53. The molecular formula is C16H23FN2O2. The normalized spacial score (nSPS) is 23.4. The molecule has 0 saturated carbocycles. The summed E-state index contributed by atoms with van der Waals surface area (Å²) >= 11 is 0. The summed E-state index contributed by atoms with van der Waals surface area (Å²) in [6, 6.07) is 6.72. The van der Waals surface area contributed by atoms with Crippen LogP contribution in [0.2, 0.25) is 0 Å². The summed E-state index contributed by atoms with van der Waals surface area (Å²) in [5.74, 6) is -0.489. The number of ether oxygens (including phenoxy) is 1. The van der Waals surface area contributed by atoms with Gasteiger partial charge in [-0.05, 0) is 44.9 Å². The van der Waals surface area contributed by atoms with Crippen LogP contribution in [0.3, 0.4) is 0 Å². The molecule has 0 bridgehead atoms. The molecule has 1 amide bonds. The fraction of sp³-hybridized carbons (Fsp3) is 0.562. The van der Waals surface area contributed by atoms with Gasteiger partial charge in [-0.2, -0.15) is 0 Å². The zero-order valence-electron chi connectivity index (χ0n) is 12.6. The zero-order chi connectivity index (χ0) is 15.2. The van der Waals surface area contributed by atoms with E-state index in [0.29, 0.717) is 12.5 Å². The molecule has 2 rings (SSSR count). The predicted molar refractivity (Wildman–Crippen MR) is 79.7 cm³/mol. The number of para-hydroxylation sites is 1. The van der Waals surface area contributed by atoms with E-state index in [4.69, 9.17) is 4.74 Å². The van der Waals surface area contributed by atoms with E-state index < -0.39 is 11.9 Å². The molecular weight excluding hydrogens is 271 g/mol. The molecule has 1 fully saturated rings. The lowest BCUT2D eigenvalue weighted by molar-refractivity contribution is -0.129. The summed E-state index contributed by atoms with van der Waals surface area (Å²) in [5.41, 5.74) is 0. The minimum Gasteiger partial charge on any atom is -0.478 e. The maximum absolute atomic E-state index is 13.6. The van der Waals surface area contributed by atoms with E-state index in [1.165, 1.54) is 12.1 Å². The molecule has 1 aromatic rings. The third kappa shape index (κ3) is 4.43. The number of carbonyl (C=O) groups excluding carboxylic acids is 1. The molecule has 1 aromatic carbocycles. The first-order chi connectivity index (χ1) is 10.1. The number of carbonyl (C=O) groups is 1. The molecule has 1 heterocycles. The SMILES string of the molecule is CCC(Oc1ccccc1F)C(=O)NC1CCNC(C)C1. The number of benzene rings is 1. The highest BCUT2D eigenvalue weighted by molar-refractivity contribution is 5.81. The quantitative estimate of drug-likeness (QED) is 0.875. The van der Waals surface area contributed by atoms with Crippen LogP contribution in [0, 0.1) is 5.82 Å². The summed E-state index contributed by atoms with van der Waals surface area (Å²) < 4.78 is 19.1. The molecule has 4 nitrogen and oxygen atoms in total. The molecule has 3 atom stereocenters. The van der Waals surface area contributed by atoms with Gasteiger partial charge in [-0.25, -0.2) is 4.39 Å². The number of rotatable bonds is 5. The van der Waals surface area contributed by atoms with Gasteiger partial charge in [0, 0.05) is 12.1 Å². The van der Waals surface area contributed by atoms with Gasteiger partial charge in [0.15, 0.2) is 17.7 Å². The Labute approximate surface area is 125 Å². The number of halogens is 1. The van der Waals surface area contributed by atoms with Crippen LogP contribution >= 0.6 is 0 Å². The maximum Gasteiger partial charge on any atom is 0.261 e. The third-order valence-electron chi connectivity index (χ3n) is 3.74. The van der Waals surface area contributed by atoms with E-state index in [1.807, 2.05) is 6.92 Å². The molecule has 1 aliphatic heterocycles. The van der Waals surface area contributed by atoms with Gasteiger partial charge < -0.3 is 15.4 Å². The first-order valence-electron chi connectivity index (χ1n) is 7.55. The van der Waals surface area contributed by atoms with Gasteiger partial charge in [0.05, 0.1) is 0 Å². The van der Waals surface area contributed by atoms with Crippen LogP contribution in [0.5, 0.6) is 5.75 Å². The molecule has 1 aliphatic rings. The summed E-state index contributed by atoms with van der Waals surface area (Å²) in [4.78, 5) is 12.3. The summed E-state index contributed by atoms with van der Waals surface area (Å²) in [5, 5.41) is 6.36. The molecule has 3 unspecified atom stereocenters. The van der Waals surface area contributed by atoms with Crippen molar-refractivity contribution in [1.29, 1.82) is 0 Å².